The second-order valence-corrected chi connectivity index (χ2v) is 6.80. The van der Waals surface area contributed by atoms with E-state index in [9.17, 15) is 4.79 Å². The number of hydrogen-bond acceptors (Lipinski definition) is 4. The summed E-state index contributed by atoms with van der Waals surface area (Å²) < 4.78 is 5.72. The number of benzene rings is 2. The highest BCUT2D eigenvalue weighted by Crippen LogP contribution is 2.29. The molecule has 1 aromatic heterocycles. The van der Waals surface area contributed by atoms with Crippen LogP contribution in [0.3, 0.4) is 0 Å². The summed E-state index contributed by atoms with van der Waals surface area (Å²) in [5.74, 6) is 0.676. The van der Waals surface area contributed by atoms with Gasteiger partial charge in [-0.1, -0.05) is 30.3 Å². The van der Waals surface area contributed by atoms with Gasteiger partial charge in [-0.2, -0.15) is 0 Å². The summed E-state index contributed by atoms with van der Waals surface area (Å²) in [6, 6.07) is 15.5. The average molecular weight is 336 g/mol. The van der Waals surface area contributed by atoms with Crippen LogP contribution in [-0.2, 0) is 11.2 Å². The number of nitrogens with zero attached hydrogens (tertiary/aromatic N) is 1. The Morgan fingerprint density at radius 3 is 2.71 bits per heavy atom. The van der Waals surface area contributed by atoms with Gasteiger partial charge in [0.1, 0.15) is 5.75 Å². The van der Waals surface area contributed by atoms with Crippen LogP contribution >= 0.6 is 11.3 Å². The molecule has 3 aromatic rings. The maximum Gasteiger partial charge on any atom is 0.265 e. The van der Waals surface area contributed by atoms with Crippen LogP contribution in [0.2, 0.25) is 0 Å². The number of ether oxygens (including phenoxy) is 1. The minimum Gasteiger partial charge on any atom is -0.480 e. The van der Waals surface area contributed by atoms with E-state index in [4.69, 9.17) is 4.74 Å². The number of thiazole rings is 1. The molecule has 2 aromatic carbocycles. The number of rotatable bonds is 3. The van der Waals surface area contributed by atoms with Gasteiger partial charge >= 0.3 is 0 Å². The topological polar surface area (TPSA) is 51.2 Å². The van der Waals surface area contributed by atoms with E-state index in [-0.39, 0.29) is 5.91 Å². The Kier molecular flexibility index (Phi) is 3.78. The summed E-state index contributed by atoms with van der Waals surface area (Å²) in [5.41, 5.74) is 3.84. The number of anilines is 1. The van der Waals surface area contributed by atoms with Crippen LogP contribution in [0.4, 0.5) is 5.69 Å². The first-order chi connectivity index (χ1) is 11.7. The van der Waals surface area contributed by atoms with Crippen molar-refractivity contribution in [2.75, 3.05) is 5.32 Å². The molecule has 1 amide bonds. The molecule has 5 heteroatoms. The summed E-state index contributed by atoms with van der Waals surface area (Å²) in [6.45, 7) is 1.99. The van der Waals surface area contributed by atoms with Gasteiger partial charge in [-0.3, -0.25) is 4.79 Å². The molecule has 120 valence electrons. The Hall–Kier alpha value is -2.66. The normalized spacial score (nSPS) is 15.6. The second kappa shape index (κ2) is 6.09. The molecule has 0 unspecified atom stereocenters. The molecule has 0 saturated carbocycles. The van der Waals surface area contributed by atoms with E-state index in [1.54, 1.807) is 11.3 Å². The molecule has 0 bridgehead atoms. The quantitative estimate of drug-likeness (QED) is 0.785. The molecular weight excluding hydrogens is 320 g/mol. The number of aromatic nitrogens is 1. The molecule has 24 heavy (non-hydrogen) atoms. The first-order valence-corrected chi connectivity index (χ1v) is 8.65. The van der Waals surface area contributed by atoms with Crippen LogP contribution in [-0.4, -0.2) is 17.0 Å². The summed E-state index contributed by atoms with van der Waals surface area (Å²) >= 11 is 1.63. The van der Waals surface area contributed by atoms with E-state index in [0.29, 0.717) is 6.42 Å². The fourth-order valence-electron chi connectivity index (χ4n) is 2.77. The maximum atomic E-state index is 12.4. The molecule has 1 aliphatic rings. The lowest BCUT2D eigenvalue weighted by Crippen LogP contribution is -2.31. The smallest absolute Gasteiger partial charge is 0.265 e. The van der Waals surface area contributed by atoms with Crippen LogP contribution in [0, 0.1) is 6.92 Å². The van der Waals surface area contributed by atoms with Crippen LogP contribution < -0.4 is 10.1 Å². The van der Waals surface area contributed by atoms with Gasteiger partial charge in [0.25, 0.3) is 5.91 Å². The zero-order valence-electron chi connectivity index (χ0n) is 13.2. The minimum absolute atomic E-state index is 0.122. The average Bonchev–Trinajstić information content (AvgIpc) is 3.21. The predicted octanol–water partition coefficient (Wildman–Crippen LogP) is 4.06. The van der Waals surface area contributed by atoms with Gasteiger partial charge < -0.3 is 10.1 Å². The monoisotopic (exact) mass is 336 g/mol. The molecule has 0 spiro atoms. The van der Waals surface area contributed by atoms with Gasteiger partial charge in [0.15, 0.2) is 6.10 Å². The zero-order valence-corrected chi connectivity index (χ0v) is 14.0. The lowest BCUT2D eigenvalue weighted by molar-refractivity contribution is -0.122. The Labute approximate surface area is 144 Å². The summed E-state index contributed by atoms with van der Waals surface area (Å²) in [6.07, 6.45) is 0.140. The molecule has 0 fully saturated rings. The molecule has 0 saturated heterocycles. The summed E-state index contributed by atoms with van der Waals surface area (Å²) in [7, 11) is 0. The SMILES string of the molecule is Cc1nc(-c2ccc(NC(=O)[C@@H]3Cc4ccccc4O3)cc2)cs1. The summed E-state index contributed by atoms with van der Waals surface area (Å²) in [4.78, 5) is 16.9. The number of carbonyl (C=O) groups is 1. The molecule has 1 N–H and O–H groups in total. The Balaban J connectivity index is 1.43. The molecule has 4 rings (SSSR count). The van der Waals surface area contributed by atoms with Crippen LogP contribution in [0.25, 0.3) is 11.3 Å². The van der Waals surface area contributed by atoms with Crippen molar-refractivity contribution >= 4 is 22.9 Å². The van der Waals surface area contributed by atoms with E-state index >= 15 is 0 Å². The number of nitrogens with one attached hydrogen (secondary N) is 1. The molecule has 0 radical (unpaired) electrons. The first kappa shape index (κ1) is 14.9. The highest BCUT2D eigenvalue weighted by atomic mass is 32.1. The van der Waals surface area contributed by atoms with Gasteiger partial charge in [-0.05, 0) is 30.7 Å². The van der Waals surface area contributed by atoms with Crippen LogP contribution in [0.5, 0.6) is 5.75 Å². The van der Waals surface area contributed by atoms with Crippen molar-refractivity contribution in [1.82, 2.24) is 4.98 Å². The molecule has 2 heterocycles. The standard InChI is InChI=1S/C19H16N2O2S/c1-12-20-16(11-24-12)13-6-8-15(9-7-13)21-19(22)18-10-14-4-2-3-5-17(14)23-18/h2-9,11,18H,10H2,1H3,(H,21,22)/t18-/m0/s1. The lowest BCUT2D eigenvalue weighted by atomic mass is 10.1. The lowest BCUT2D eigenvalue weighted by Gasteiger charge is -2.11. The fourth-order valence-corrected chi connectivity index (χ4v) is 3.39. The number of hydrogen-bond donors (Lipinski definition) is 1. The van der Waals surface area contributed by atoms with Gasteiger partial charge in [-0.25, -0.2) is 4.98 Å². The Bertz CT molecular complexity index is 861. The third-order valence-corrected chi connectivity index (χ3v) is 4.78. The number of carbonyl (C=O) groups excluding carboxylic acids is 1. The molecule has 1 aliphatic heterocycles. The van der Waals surface area contributed by atoms with Crippen molar-refractivity contribution in [2.24, 2.45) is 0 Å². The van der Waals surface area contributed by atoms with Crippen molar-refractivity contribution in [3.63, 3.8) is 0 Å². The van der Waals surface area contributed by atoms with E-state index in [1.165, 1.54) is 0 Å². The number of para-hydroxylation sites is 1. The largest absolute Gasteiger partial charge is 0.480 e. The van der Waals surface area contributed by atoms with Crippen LogP contribution in [0.1, 0.15) is 10.6 Å². The van der Waals surface area contributed by atoms with Crippen molar-refractivity contribution in [1.29, 1.82) is 0 Å². The zero-order chi connectivity index (χ0) is 16.5. The highest BCUT2D eigenvalue weighted by Gasteiger charge is 2.28. The van der Waals surface area contributed by atoms with E-state index in [2.05, 4.69) is 10.3 Å². The molecule has 1 atom stereocenters. The maximum absolute atomic E-state index is 12.4. The molecule has 0 aliphatic carbocycles. The van der Waals surface area contributed by atoms with Crippen molar-refractivity contribution in [3.8, 4) is 17.0 Å². The van der Waals surface area contributed by atoms with Gasteiger partial charge in [0.05, 0.1) is 10.7 Å². The highest BCUT2D eigenvalue weighted by molar-refractivity contribution is 7.09. The van der Waals surface area contributed by atoms with Crippen molar-refractivity contribution < 1.29 is 9.53 Å². The number of aryl methyl sites for hydroxylation is 1. The number of fused-ring (bicyclic) bond motifs is 1. The number of amides is 1. The van der Waals surface area contributed by atoms with E-state index in [0.717, 1.165) is 33.3 Å². The third-order valence-electron chi connectivity index (χ3n) is 4.01. The van der Waals surface area contributed by atoms with Gasteiger partial charge in [0.2, 0.25) is 0 Å². The first-order valence-electron chi connectivity index (χ1n) is 7.77. The molecule has 4 nitrogen and oxygen atoms in total. The predicted molar refractivity (Wildman–Crippen MR) is 95.5 cm³/mol. The van der Waals surface area contributed by atoms with Gasteiger partial charge in [-0.15, -0.1) is 11.3 Å². The Morgan fingerprint density at radius 2 is 2.00 bits per heavy atom. The molecular formula is C19H16N2O2S. The van der Waals surface area contributed by atoms with Crippen molar-refractivity contribution in [2.45, 2.75) is 19.4 Å². The minimum atomic E-state index is -0.469. The van der Waals surface area contributed by atoms with Gasteiger partial charge in [0, 0.05) is 23.1 Å². The van der Waals surface area contributed by atoms with E-state index < -0.39 is 6.10 Å². The third kappa shape index (κ3) is 2.90. The van der Waals surface area contributed by atoms with E-state index in [1.807, 2.05) is 60.8 Å². The summed E-state index contributed by atoms with van der Waals surface area (Å²) in [5, 5.41) is 6.00. The second-order valence-electron chi connectivity index (χ2n) is 5.74. The van der Waals surface area contributed by atoms with Crippen molar-refractivity contribution in [3.05, 3.63) is 64.5 Å². The fraction of sp³-hybridized carbons (Fsp3) is 0.158. The Morgan fingerprint density at radius 1 is 1.21 bits per heavy atom. The van der Waals surface area contributed by atoms with Crippen LogP contribution in [0.15, 0.2) is 53.9 Å².